The van der Waals surface area contributed by atoms with Crippen LogP contribution in [0.2, 0.25) is 0 Å². The minimum absolute atomic E-state index is 0.874. The van der Waals surface area contributed by atoms with Crippen molar-refractivity contribution in [2.75, 3.05) is 26.7 Å². The molecule has 2 heteroatoms. The molecular weight excluding hydrogens is 112 g/mol. The van der Waals surface area contributed by atoms with Crippen LogP contribution < -0.4 is 5.32 Å². The molecule has 0 unspecified atom stereocenters. The number of likely N-dealkylation sites (N-methyl/N-ethyl adjacent to an activating group) is 1. The predicted octanol–water partition coefficient (Wildman–Crippen LogP) is -0.0901. The van der Waals surface area contributed by atoms with Gasteiger partial charge in [-0.15, -0.1) is 0 Å². The van der Waals surface area contributed by atoms with Gasteiger partial charge in [0.05, 0.1) is 0 Å². The van der Waals surface area contributed by atoms with Crippen LogP contribution in [0.15, 0.2) is 0 Å². The molecular formula is C7H14N2. The van der Waals surface area contributed by atoms with E-state index in [4.69, 9.17) is 0 Å². The Labute approximate surface area is 56.2 Å². The van der Waals surface area contributed by atoms with Crippen molar-refractivity contribution in [1.82, 2.24) is 10.2 Å². The van der Waals surface area contributed by atoms with E-state index in [-0.39, 0.29) is 0 Å². The second-order valence-corrected chi connectivity index (χ2v) is 3.26. The van der Waals surface area contributed by atoms with Crippen LogP contribution in [0.3, 0.4) is 0 Å². The highest BCUT2D eigenvalue weighted by Crippen LogP contribution is 2.27. The zero-order valence-electron chi connectivity index (χ0n) is 5.93. The van der Waals surface area contributed by atoms with Crippen molar-refractivity contribution in [2.24, 2.45) is 5.92 Å². The van der Waals surface area contributed by atoms with E-state index in [2.05, 4.69) is 17.3 Å². The van der Waals surface area contributed by atoms with Gasteiger partial charge in [0.15, 0.2) is 0 Å². The first-order valence-corrected chi connectivity index (χ1v) is 3.79. The molecule has 2 saturated heterocycles. The molecule has 2 nitrogen and oxygen atoms in total. The fraction of sp³-hybridized carbons (Fsp3) is 1.00. The molecule has 2 aliphatic rings. The van der Waals surface area contributed by atoms with Gasteiger partial charge in [0.2, 0.25) is 0 Å². The molecule has 1 N–H and O–H groups in total. The quantitative estimate of drug-likeness (QED) is 0.488. The Bertz CT molecular complexity index is 111. The van der Waals surface area contributed by atoms with Crippen LogP contribution in [-0.2, 0) is 0 Å². The van der Waals surface area contributed by atoms with Gasteiger partial charge < -0.3 is 10.2 Å². The molecule has 2 atom stereocenters. The molecule has 2 fully saturated rings. The lowest BCUT2D eigenvalue weighted by Crippen LogP contribution is -2.61. The summed E-state index contributed by atoms with van der Waals surface area (Å²) in [5.74, 6) is 1.02. The lowest BCUT2D eigenvalue weighted by molar-refractivity contribution is 0.0191. The van der Waals surface area contributed by atoms with Gasteiger partial charge in [-0.25, -0.2) is 0 Å². The second kappa shape index (κ2) is 1.96. The monoisotopic (exact) mass is 126 g/mol. The van der Waals surface area contributed by atoms with E-state index in [1.807, 2.05) is 0 Å². The maximum Gasteiger partial charge on any atom is 0.0258 e. The molecule has 0 aromatic rings. The number of fused-ring (bicyclic) bond motifs is 1. The van der Waals surface area contributed by atoms with Crippen LogP contribution in [0.1, 0.15) is 6.42 Å². The summed E-state index contributed by atoms with van der Waals surface area (Å²) in [4.78, 5) is 2.44. The van der Waals surface area contributed by atoms with Gasteiger partial charge in [0.1, 0.15) is 0 Å². The van der Waals surface area contributed by atoms with Crippen LogP contribution >= 0.6 is 0 Å². The Morgan fingerprint density at radius 3 is 3.00 bits per heavy atom. The summed E-state index contributed by atoms with van der Waals surface area (Å²) >= 11 is 0. The number of nitrogens with one attached hydrogen (secondary N) is 1. The van der Waals surface area contributed by atoms with Gasteiger partial charge in [-0.1, -0.05) is 0 Å². The third kappa shape index (κ3) is 0.775. The van der Waals surface area contributed by atoms with E-state index < -0.39 is 0 Å². The molecule has 0 aromatic heterocycles. The first-order chi connectivity index (χ1) is 4.38. The highest BCUT2D eigenvalue weighted by Gasteiger charge is 2.37. The summed E-state index contributed by atoms with van der Waals surface area (Å²) in [6, 6.07) is 0.874. The van der Waals surface area contributed by atoms with Gasteiger partial charge >= 0.3 is 0 Å². The van der Waals surface area contributed by atoms with E-state index in [9.17, 15) is 0 Å². The fourth-order valence-corrected chi connectivity index (χ4v) is 1.99. The molecule has 9 heavy (non-hydrogen) atoms. The number of rotatable bonds is 0. The van der Waals surface area contributed by atoms with Crippen molar-refractivity contribution in [3.8, 4) is 0 Å². The van der Waals surface area contributed by atoms with Crippen molar-refractivity contribution in [1.29, 1.82) is 0 Å². The highest BCUT2D eigenvalue weighted by molar-refractivity contribution is 4.93. The largest absolute Gasteiger partial charge is 0.315 e. The molecule has 0 bridgehead atoms. The zero-order chi connectivity index (χ0) is 6.27. The summed E-state index contributed by atoms with van der Waals surface area (Å²) in [6.45, 7) is 3.81. The van der Waals surface area contributed by atoms with E-state index in [1.54, 1.807) is 0 Å². The Balaban J connectivity index is 1.94. The number of likely N-dealkylation sites (tertiary alicyclic amines) is 1. The summed E-state index contributed by atoms with van der Waals surface area (Å²) in [6.07, 6.45) is 1.40. The van der Waals surface area contributed by atoms with Crippen molar-refractivity contribution >= 4 is 0 Å². The third-order valence-electron chi connectivity index (χ3n) is 2.68. The molecule has 0 radical (unpaired) electrons. The van der Waals surface area contributed by atoms with Gasteiger partial charge in [-0.05, 0) is 25.9 Å². The second-order valence-electron chi connectivity index (χ2n) is 3.26. The van der Waals surface area contributed by atoms with E-state index in [0.717, 1.165) is 12.0 Å². The lowest BCUT2D eigenvalue weighted by atomic mass is 9.84. The normalized spacial score (nSPS) is 43.7. The molecule has 0 spiro atoms. The summed E-state index contributed by atoms with van der Waals surface area (Å²) in [5.41, 5.74) is 0. The summed E-state index contributed by atoms with van der Waals surface area (Å²) in [5, 5.41) is 3.40. The molecule has 0 amide bonds. The Morgan fingerprint density at radius 1 is 1.56 bits per heavy atom. The molecule has 0 saturated carbocycles. The summed E-state index contributed by atoms with van der Waals surface area (Å²) < 4.78 is 0. The SMILES string of the molecule is CN1C[C@H]2CCNC[C@H]21. The molecule has 0 aliphatic carbocycles. The minimum Gasteiger partial charge on any atom is -0.315 e. The Hall–Kier alpha value is -0.0800. The Morgan fingerprint density at radius 2 is 2.44 bits per heavy atom. The van der Waals surface area contributed by atoms with Crippen LogP contribution in [0.5, 0.6) is 0 Å². The maximum absolute atomic E-state index is 3.40. The van der Waals surface area contributed by atoms with E-state index in [0.29, 0.717) is 0 Å². The standard InChI is InChI=1S/C7H14N2/c1-9-5-6-2-3-8-4-7(6)9/h6-8H,2-5H2,1H3/t6-,7-/m1/s1. The lowest BCUT2D eigenvalue weighted by Gasteiger charge is -2.49. The smallest absolute Gasteiger partial charge is 0.0258 e. The van der Waals surface area contributed by atoms with Gasteiger partial charge in [-0.2, -0.15) is 0 Å². The van der Waals surface area contributed by atoms with Gasteiger partial charge in [0.25, 0.3) is 0 Å². The van der Waals surface area contributed by atoms with Crippen LogP contribution in [0, 0.1) is 5.92 Å². The zero-order valence-corrected chi connectivity index (χ0v) is 5.93. The van der Waals surface area contributed by atoms with Crippen molar-refractivity contribution < 1.29 is 0 Å². The van der Waals surface area contributed by atoms with E-state index in [1.165, 1.54) is 26.1 Å². The molecule has 2 heterocycles. The number of hydrogen-bond donors (Lipinski definition) is 1. The maximum atomic E-state index is 3.40. The molecule has 2 aliphatic heterocycles. The molecule has 0 aromatic carbocycles. The molecule has 2 rings (SSSR count). The topological polar surface area (TPSA) is 15.3 Å². The predicted molar refractivity (Wildman–Crippen MR) is 37.4 cm³/mol. The Kier molecular flexibility index (Phi) is 1.24. The van der Waals surface area contributed by atoms with Crippen LogP contribution in [0.25, 0.3) is 0 Å². The van der Waals surface area contributed by atoms with Crippen molar-refractivity contribution in [3.05, 3.63) is 0 Å². The van der Waals surface area contributed by atoms with Crippen molar-refractivity contribution in [3.63, 3.8) is 0 Å². The fourth-order valence-electron chi connectivity index (χ4n) is 1.99. The average molecular weight is 126 g/mol. The first kappa shape index (κ1) is 5.69. The average Bonchev–Trinajstić information content (AvgIpc) is 1.86. The number of piperidine rings is 1. The number of hydrogen-bond acceptors (Lipinski definition) is 2. The van der Waals surface area contributed by atoms with Crippen LogP contribution in [0.4, 0.5) is 0 Å². The number of nitrogens with zero attached hydrogens (tertiary/aromatic N) is 1. The third-order valence-corrected chi connectivity index (χ3v) is 2.68. The first-order valence-electron chi connectivity index (χ1n) is 3.79. The highest BCUT2D eigenvalue weighted by atomic mass is 15.2. The minimum atomic E-state index is 0.874. The van der Waals surface area contributed by atoms with Crippen molar-refractivity contribution in [2.45, 2.75) is 12.5 Å². The van der Waals surface area contributed by atoms with Crippen LogP contribution in [-0.4, -0.2) is 37.6 Å². The van der Waals surface area contributed by atoms with Gasteiger partial charge in [-0.3, -0.25) is 0 Å². The van der Waals surface area contributed by atoms with Gasteiger partial charge in [0, 0.05) is 19.1 Å². The molecule has 52 valence electrons. The summed E-state index contributed by atoms with van der Waals surface area (Å²) in [7, 11) is 2.22. The van der Waals surface area contributed by atoms with E-state index >= 15 is 0 Å².